The van der Waals surface area contributed by atoms with Gasteiger partial charge in [-0.05, 0) is 25.2 Å². The van der Waals surface area contributed by atoms with Gasteiger partial charge in [0.2, 0.25) is 0 Å². The van der Waals surface area contributed by atoms with Crippen LogP contribution in [0.25, 0.3) is 0 Å². The number of rotatable bonds is 17. The van der Waals surface area contributed by atoms with Crippen LogP contribution in [0.3, 0.4) is 0 Å². The lowest BCUT2D eigenvalue weighted by Crippen LogP contribution is -2.14. The summed E-state index contributed by atoms with van der Waals surface area (Å²) < 4.78 is 45.9. The number of hydrogen-bond donors (Lipinski definition) is 1. The molecule has 0 aliphatic carbocycles. The Kier molecular flexibility index (Phi) is 15.2. The first-order valence-corrected chi connectivity index (χ1v) is 10.3. The van der Waals surface area contributed by atoms with E-state index in [0.29, 0.717) is 51.8 Å². The maximum absolute atomic E-state index is 10.5. The van der Waals surface area contributed by atoms with Crippen molar-refractivity contribution in [3.05, 3.63) is 0 Å². The fraction of sp³-hybridized carbons (Fsp3) is 1.00. The molecule has 0 aromatic carbocycles. The highest BCUT2D eigenvalue weighted by molar-refractivity contribution is 7.85. The topological polar surface area (TPSA) is 82.1 Å². The molecule has 1 N–H and O–H groups in total. The highest BCUT2D eigenvalue weighted by Crippen LogP contribution is 2.12. The van der Waals surface area contributed by atoms with Crippen LogP contribution in [0.4, 0.5) is 0 Å². The van der Waals surface area contributed by atoms with Crippen molar-refractivity contribution >= 4 is 10.1 Å². The lowest BCUT2D eigenvalue weighted by atomic mass is 10.0. The van der Waals surface area contributed by atoms with E-state index in [-0.39, 0.29) is 5.75 Å². The fourth-order valence-corrected chi connectivity index (χ4v) is 2.65. The van der Waals surface area contributed by atoms with Crippen molar-refractivity contribution < 1.29 is 27.2 Å². The van der Waals surface area contributed by atoms with E-state index < -0.39 is 10.1 Å². The number of unbranched alkanes of at least 4 members (excludes halogenated alkanes) is 2. The van der Waals surface area contributed by atoms with Gasteiger partial charge < -0.3 is 14.2 Å². The lowest BCUT2D eigenvalue weighted by molar-refractivity contribution is 0.00587. The van der Waals surface area contributed by atoms with Gasteiger partial charge in [-0.1, -0.05) is 33.1 Å². The van der Waals surface area contributed by atoms with E-state index >= 15 is 0 Å². The maximum Gasteiger partial charge on any atom is 0.264 e. The average molecular weight is 355 g/mol. The van der Waals surface area contributed by atoms with Crippen LogP contribution in [0, 0.1) is 5.92 Å². The summed E-state index contributed by atoms with van der Waals surface area (Å²) in [4.78, 5) is 0. The first-order chi connectivity index (χ1) is 11.0. The van der Waals surface area contributed by atoms with E-state index in [0.717, 1.165) is 13.0 Å². The van der Waals surface area contributed by atoms with Gasteiger partial charge in [-0.15, -0.1) is 0 Å². The van der Waals surface area contributed by atoms with Gasteiger partial charge in [0, 0.05) is 13.2 Å². The number of ether oxygens (including phenoxy) is 3. The summed E-state index contributed by atoms with van der Waals surface area (Å²) in [6, 6.07) is 0. The Bertz CT molecular complexity index is 344. The third kappa shape index (κ3) is 18.0. The zero-order chi connectivity index (χ0) is 17.4. The molecule has 0 amide bonds. The van der Waals surface area contributed by atoms with Gasteiger partial charge in [0.25, 0.3) is 10.1 Å². The van der Waals surface area contributed by atoms with Crippen LogP contribution in [-0.4, -0.2) is 58.4 Å². The van der Waals surface area contributed by atoms with Crippen molar-refractivity contribution in [2.24, 2.45) is 5.92 Å². The molecule has 0 saturated heterocycles. The largest absolute Gasteiger partial charge is 0.379 e. The van der Waals surface area contributed by atoms with E-state index in [1.807, 2.05) is 0 Å². The Morgan fingerprint density at radius 2 is 1.48 bits per heavy atom. The van der Waals surface area contributed by atoms with Crippen molar-refractivity contribution in [2.45, 2.75) is 52.4 Å². The highest BCUT2D eigenvalue weighted by Gasteiger charge is 2.05. The highest BCUT2D eigenvalue weighted by atomic mass is 32.2. The third-order valence-corrected chi connectivity index (χ3v) is 4.39. The second-order valence-corrected chi connectivity index (χ2v) is 7.28. The Morgan fingerprint density at radius 1 is 0.870 bits per heavy atom. The molecule has 23 heavy (non-hydrogen) atoms. The predicted octanol–water partition coefficient (Wildman–Crippen LogP) is 2.92. The van der Waals surface area contributed by atoms with E-state index in [1.165, 1.54) is 19.3 Å². The van der Waals surface area contributed by atoms with E-state index in [4.69, 9.17) is 18.8 Å². The summed E-state index contributed by atoms with van der Waals surface area (Å²) in [5.74, 6) is 0.447. The van der Waals surface area contributed by atoms with Crippen LogP contribution in [0.15, 0.2) is 0 Å². The Balaban J connectivity index is 3.24. The first-order valence-electron chi connectivity index (χ1n) is 8.68. The monoisotopic (exact) mass is 354 g/mol. The third-order valence-electron chi connectivity index (χ3n) is 3.58. The molecule has 0 saturated carbocycles. The minimum Gasteiger partial charge on any atom is -0.379 e. The molecular formula is C16H34O6S. The quantitative estimate of drug-likeness (QED) is 0.319. The normalized spacial score (nSPS) is 13.3. The maximum atomic E-state index is 10.5. The molecule has 0 radical (unpaired) electrons. The molecule has 0 aromatic rings. The molecule has 7 heteroatoms. The van der Waals surface area contributed by atoms with Gasteiger partial charge in [-0.3, -0.25) is 4.55 Å². The van der Waals surface area contributed by atoms with Crippen LogP contribution in [0.1, 0.15) is 52.4 Å². The zero-order valence-electron chi connectivity index (χ0n) is 14.7. The summed E-state index contributed by atoms with van der Waals surface area (Å²) in [6.07, 6.45) is 5.91. The molecule has 1 atom stereocenters. The van der Waals surface area contributed by atoms with Crippen molar-refractivity contribution in [2.75, 3.05) is 45.4 Å². The standard InChI is InChI=1S/C16H34O6S/c1-3-5-8-16(4-2)15-22-13-12-21-11-10-20-9-6-7-14-23(17,18)19/h16H,3-15H2,1-2H3,(H,17,18,19). The fourth-order valence-electron chi connectivity index (χ4n) is 2.08. The summed E-state index contributed by atoms with van der Waals surface area (Å²) in [7, 11) is -3.84. The van der Waals surface area contributed by atoms with Crippen LogP contribution in [0.5, 0.6) is 0 Å². The van der Waals surface area contributed by atoms with E-state index in [9.17, 15) is 8.42 Å². The van der Waals surface area contributed by atoms with E-state index in [2.05, 4.69) is 13.8 Å². The summed E-state index contributed by atoms with van der Waals surface area (Å²) in [6.45, 7) is 7.86. The molecule has 0 aliphatic heterocycles. The second-order valence-electron chi connectivity index (χ2n) is 5.71. The van der Waals surface area contributed by atoms with Crippen LogP contribution in [-0.2, 0) is 24.3 Å². The summed E-state index contributed by atoms with van der Waals surface area (Å²) >= 11 is 0. The molecule has 0 heterocycles. The first kappa shape index (κ1) is 22.8. The van der Waals surface area contributed by atoms with Crippen molar-refractivity contribution in [3.8, 4) is 0 Å². The Labute approximate surface area is 141 Å². The lowest BCUT2D eigenvalue weighted by Gasteiger charge is -2.14. The molecule has 140 valence electrons. The van der Waals surface area contributed by atoms with Gasteiger partial charge in [0.1, 0.15) is 0 Å². The number of hydrogen-bond acceptors (Lipinski definition) is 5. The summed E-state index contributed by atoms with van der Waals surface area (Å²) in [5.41, 5.74) is 0. The molecule has 0 rings (SSSR count). The minimum absolute atomic E-state index is 0.207. The Hall–Kier alpha value is -0.210. The van der Waals surface area contributed by atoms with Crippen molar-refractivity contribution in [1.82, 2.24) is 0 Å². The van der Waals surface area contributed by atoms with Gasteiger partial charge in [-0.2, -0.15) is 8.42 Å². The van der Waals surface area contributed by atoms with Gasteiger partial charge in [-0.25, -0.2) is 0 Å². The van der Waals surface area contributed by atoms with Crippen LogP contribution in [0.2, 0.25) is 0 Å². The summed E-state index contributed by atoms with van der Waals surface area (Å²) in [5, 5.41) is 0. The van der Waals surface area contributed by atoms with Crippen LogP contribution >= 0.6 is 0 Å². The molecule has 1 unspecified atom stereocenters. The van der Waals surface area contributed by atoms with Crippen molar-refractivity contribution in [1.29, 1.82) is 0 Å². The SMILES string of the molecule is CCCCC(CC)COCCOCCOCCCCS(=O)(=O)O. The molecule has 6 nitrogen and oxygen atoms in total. The molecule has 0 fully saturated rings. The smallest absolute Gasteiger partial charge is 0.264 e. The van der Waals surface area contributed by atoms with Crippen LogP contribution < -0.4 is 0 Å². The van der Waals surface area contributed by atoms with Crippen molar-refractivity contribution in [3.63, 3.8) is 0 Å². The van der Waals surface area contributed by atoms with E-state index in [1.54, 1.807) is 0 Å². The minimum atomic E-state index is -3.84. The van der Waals surface area contributed by atoms with Gasteiger partial charge in [0.05, 0.1) is 32.2 Å². The molecule has 0 spiro atoms. The Morgan fingerprint density at radius 3 is 2.04 bits per heavy atom. The van der Waals surface area contributed by atoms with Gasteiger partial charge >= 0.3 is 0 Å². The zero-order valence-corrected chi connectivity index (χ0v) is 15.5. The predicted molar refractivity (Wildman–Crippen MR) is 91.4 cm³/mol. The van der Waals surface area contributed by atoms with Gasteiger partial charge in [0.15, 0.2) is 0 Å². The second kappa shape index (κ2) is 15.3. The molecule has 0 aliphatic rings. The molecule has 0 aromatic heterocycles. The molecular weight excluding hydrogens is 320 g/mol. The molecule has 0 bridgehead atoms. The average Bonchev–Trinajstić information content (AvgIpc) is 2.50.